The first-order chi connectivity index (χ1) is 11.3. The third-order valence-electron chi connectivity index (χ3n) is 4.96. The van der Waals surface area contributed by atoms with E-state index in [1.54, 1.807) is 12.1 Å². The van der Waals surface area contributed by atoms with Crippen LogP contribution in [0.15, 0.2) is 12.1 Å². The summed E-state index contributed by atoms with van der Waals surface area (Å²) in [6, 6.07) is 2.98. The zero-order valence-corrected chi connectivity index (χ0v) is 15.0. The van der Waals surface area contributed by atoms with Crippen LogP contribution in [0.25, 0.3) is 0 Å². The number of carboxylic acids is 1. The number of carbonyl (C=O) groups excluding carboxylic acids is 2. The molecule has 4 atom stereocenters. The van der Waals surface area contributed by atoms with E-state index in [-0.39, 0.29) is 11.8 Å². The van der Waals surface area contributed by atoms with Crippen molar-refractivity contribution in [2.45, 2.75) is 38.3 Å². The van der Waals surface area contributed by atoms with Gasteiger partial charge in [-0.1, -0.05) is 24.9 Å². The molecule has 2 saturated heterocycles. The van der Waals surface area contributed by atoms with E-state index in [4.69, 9.17) is 11.6 Å². The molecule has 0 spiro atoms. The molecule has 2 aliphatic heterocycles. The summed E-state index contributed by atoms with van der Waals surface area (Å²) in [5, 5.41) is 12.7. The number of amides is 2. The fourth-order valence-corrected chi connectivity index (χ4v) is 4.83. The number of unbranched alkanes of at least 4 members (excludes halogenated alkanes) is 1. The average Bonchev–Trinajstić information content (AvgIpc) is 3.15. The van der Waals surface area contributed by atoms with E-state index in [1.165, 1.54) is 23.2 Å². The molecule has 6 nitrogen and oxygen atoms in total. The average molecular weight is 371 g/mol. The maximum atomic E-state index is 12.8. The third-order valence-corrected chi connectivity index (χ3v) is 6.27. The van der Waals surface area contributed by atoms with Crippen molar-refractivity contribution in [3.05, 3.63) is 21.3 Å². The summed E-state index contributed by atoms with van der Waals surface area (Å²) in [5.41, 5.74) is -1.47. The molecule has 0 bridgehead atoms. The van der Waals surface area contributed by atoms with Crippen molar-refractivity contribution < 1.29 is 19.5 Å². The van der Waals surface area contributed by atoms with Gasteiger partial charge in [0.05, 0.1) is 22.2 Å². The molecule has 0 radical (unpaired) electrons. The highest BCUT2D eigenvalue weighted by atomic mass is 35.5. The Hall–Kier alpha value is -1.44. The minimum absolute atomic E-state index is 0.287. The van der Waals surface area contributed by atoms with Crippen LogP contribution in [0.4, 0.5) is 0 Å². The smallest absolute Gasteiger partial charge is 0.324 e. The topological polar surface area (TPSA) is 86.7 Å². The lowest BCUT2D eigenvalue weighted by Crippen LogP contribution is -2.53. The van der Waals surface area contributed by atoms with E-state index >= 15 is 0 Å². The van der Waals surface area contributed by atoms with Crippen LogP contribution in [0.1, 0.15) is 37.6 Å². The summed E-state index contributed by atoms with van der Waals surface area (Å²) in [6.07, 6.45) is 1.56. The molecule has 24 heavy (non-hydrogen) atoms. The van der Waals surface area contributed by atoms with Crippen molar-refractivity contribution in [2.75, 3.05) is 6.54 Å². The highest BCUT2D eigenvalue weighted by Gasteiger charge is 2.66. The van der Waals surface area contributed by atoms with Crippen LogP contribution >= 0.6 is 22.9 Å². The van der Waals surface area contributed by atoms with Crippen molar-refractivity contribution in [1.29, 1.82) is 0 Å². The fourth-order valence-electron chi connectivity index (χ4n) is 3.67. The molecule has 2 amide bonds. The molecular weight excluding hydrogens is 352 g/mol. The Morgan fingerprint density at radius 2 is 2.12 bits per heavy atom. The largest absolute Gasteiger partial charge is 0.480 e. The van der Waals surface area contributed by atoms with Crippen LogP contribution in [0.5, 0.6) is 0 Å². The lowest BCUT2D eigenvalue weighted by Gasteiger charge is -2.27. The van der Waals surface area contributed by atoms with Gasteiger partial charge in [0.1, 0.15) is 5.54 Å². The van der Waals surface area contributed by atoms with Gasteiger partial charge in [-0.05, 0) is 25.5 Å². The minimum atomic E-state index is -1.47. The maximum Gasteiger partial charge on any atom is 0.324 e. The molecule has 0 saturated carbocycles. The van der Waals surface area contributed by atoms with E-state index < -0.39 is 29.4 Å². The Balaban J connectivity index is 2.02. The Labute approximate surface area is 148 Å². The number of nitrogens with one attached hydrogen (secondary N) is 1. The van der Waals surface area contributed by atoms with Crippen LogP contribution in [-0.4, -0.2) is 39.9 Å². The van der Waals surface area contributed by atoms with Crippen LogP contribution in [-0.2, 0) is 14.4 Å². The second-order valence-electron chi connectivity index (χ2n) is 6.46. The monoisotopic (exact) mass is 370 g/mol. The predicted octanol–water partition coefficient (Wildman–Crippen LogP) is 2.29. The van der Waals surface area contributed by atoms with Gasteiger partial charge < -0.3 is 5.11 Å². The highest BCUT2D eigenvalue weighted by molar-refractivity contribution is 7.16. The van der Waals surface area contributed by atoms with E-state index in [0.717, 1.165) is 11.3 Å². The van der Waals surface area contributed by atoms with Crippen molar-refractivity contribution >= 4 is 40.7 Å². The molecule has 3 heterocycles. The number of likely N-dealkylation sites (tertiary alicyclic amines) is 1. The zero-order valence-electron chi connectivity index (χ0n) is 13.4. The zero-order chi connectivity index (χ0) is 17.6. The van der Waals surface area contributed by atoms with Crippen molar-refractivity contribution in [2.24, 2.45) is 11.8 Å². The number of halogens is 1. The number of hydrogen-bond acceptors (Lipinski definition) is 5. The van der Waals surface area contributed by atoms with Gasteiger partial charge in [-0.15, -0.1) is 11.3 Å². The third kappa shape index (κ3) is 2.46. The summed E-state index contributed by atoms with van der Waals surface area (Å²) >= 11 is 7.29. The number of thiophene rings is 1. The minimum Gasteiger partial charge on any atom is -0.480 e. The van der Waals surface area contributed by atoms with Crippen molar-refractivity contribution in [3.8, 4) is 0 Å². The molecule has 2 aliphatic rings. The lowest BCUT2D eigenvalue weighted by molar-refractivity contribution is -0.150. The molecule has 1 aromatic rings. The Morgan fingerprint density at radius 3 is 2.67 bits per heavy atom. The van der Waals surface area contributed by atoms with Crippen LogP contribution < -0.4 is 5.32 Å². The van der Waals surface area contributed by atoms with E-state index in [1.807, 2.05) is 6.92 Å². The van der Waals surface area contributed by atoms with E-state index in [2.05, 4.69) is 5.32 Å². The molecule has 0 aromatic carbocycles. The number of carbonyl (C=O) groups is 3. The molecule has 1 aromatic heterocycles. The lowest BCUT2D eigenvalue weighted by atomic mass is 9.81. The Kier molecular flexibility index (Phi) is 4.44. The summed E-state index contributed by atoms with van der Waals surface area (Å²) in [6.45, 7) is 3.80. The summed E-state index contributed by atoms with van der Waals surface area (Å²) in [4.78, 5) is 39.5. The quantitative estimate of drug-likeness (QED) is 0.776. The molecular formula is C16H19ClN2O4S. The van der Waals surface area contributed by atoms with E-state index in [9.17, 15) is 19.5 Å². The number of carboxylic acid groups (broad SMARTS) is 1. The summed E-state index contributed by atoms with van der Waals surface area (Å²) < 4.78 is 0.562. The number of imide groups is 1. The second kappa shape index (κ2) is 6.13. The van der Waals surface area contributed by atoms with Gasteiger partial charge in [-0.25, -0.2) is 0 Å². The molecule has 4 unspecified atom stereocenters. The number of aliphatic carboxylic acids is 1. The maximum absolute atomic E-state index is 12.8. The number of hydrogen-bond donors (Lipinski definition) is 2. The Bertz CT molecular complexity index is 706. The molecule has 0 aliphatic carbocycles. The molecule has 2 N–H and O–H groups in total. The van der Waals surface area contributed by atoms with Gasteiger partial charge in [0.15, 0.2) is 0 Å². The highest BCUT2D eigenvalue weighted by Crippen LogP contribution is 2.50. The molecule has 2 fully saturated rings. The second-order valence-corrected chi connectivity index (χ2v) is 8.20. The summed E-state index contributed by atoms with van der Waals surface area (Å²) in [5.74, 6) is -3.40. The Morgan fingerprint density at radius 1 is 1.42 bits per heavy atom. The SMILES string of the molecule is CCCCN1C(=O)C2C(c3ccc(Cl)s3)NC(C)(C(=O)O)C2C1=O. The van der Waals surface area contributed by atoms with Gasteiger partial charge >= 0.3 is 5.97 Å². The standard InChI is InChI=1S/C16H19ClN2O4S/c1-3-4-7-19-13(20)10-11(14(19)21)16(2,15(22)23)18-12(10)8-5-6-9(17)24-8/h5-6,10-12,18H,3-4,7H2,1-2H3,(H,22,23). The summed E-state index contributed by atoms with van der Waals surface area (Å²) in [7, 11) is 0. The van der Waals surface area contributed by atoms with Gasteiger partial charge in [0.2, 0.25) is 11.8 Å². The number of nitrogens with zero attached hydrogens (tertiary/aromatic N) is 1. The van der Waals surface area contributed by atoms with Crippen LogP contribution in [0, 0.1) is 11.8 Å². The van der Waals surface area contributed by atoms with Crippen LogP contribution in [0.3, 0.4) is 0 Å². The van der Waals surface area contributed by atoms with Gasteiger partial charge in [-0.2, -0.15) is 0 Å². The van der Waals surface area contributed by atoms with Crippen LogP contribution in [0.2, 0.25) is 4.34 Å². The van der Waals surface area contributed by atoms with Crippen molar-refractivity contribution in [1.82, 2.24) is 10.2 Å². The first kappa shape index (κ1) is 17.4. The van der Waals surface area contributed by atoms with Crippen molar-refractivity contribution in [3.63, 3.8) is 0 Å². The fraction of sp³-hybridized carbons (Fsp3) is 0.562. The first-order valence-corrected chi connectivity index (χ1v) is 9.12. The van der Waals surface area contributed by atoms with Gasteiger partial charge in [0, 0.05) is 11.4 Å². The van der Waals surface area contributed by atoms with Gasteiger partial charge in [-0.3, -0.25) is 24.6 Å². The normalized spacial score (nSPS) is 32.5. The molecule has 3 rings (SSSR count). The number of fused-ring (bicyclic) bond motifs is 1. The first-order valence-electron chi connectivity index (χ1n) is 7.92. The van der Waals surface area contributed by atoms with Gasteiger partial charge in [0.25, 0.3) is 0 Å². The van der Waals surface area contributed by atoms with E-state index in [0.29, 0.717) is 17.3 Å². The molecule has 130 valence electrons. The molecule has 8 heteroatoms. The predicted molar refractivity (Wildman–Crippen MR) is 89.9 cm³/mol. The number of rotatable bonds is 5.